The minimum Gasteiger partial charge on any atom is -0.479 e. The Balaban J connectivity index is 2.20. The van der Waals surface area contributed by atoms with Crippen molar-refractivity contribution in [3.8, 4) is 5.75 Å². The van der Waals surface area contributed by atoms with Crippen molar-refractivity contribution in [2.45, 2.75) is 26.5 Å². The van der Waals surface area contributed by atoms with E-state index in [-0.39, 0.29) is 11.8 Å². The predicted octanol–water partition coefficient (Wildman–Crippen LogP) is 1.38. The zero-order chi connectivity index (χ0) is 13.3. The lowest BCUT2D eigenvalue weighted by Gasteiger charge is -2.24. The fraction of sp³-hybridized carbons (Fsp3) is 0.385. The quantitative estimate of drug-likeness (QED) is 0.860. The maximum absolute atomic E-state index is 11.5. The summed E-state index contributed by atoms with van der Waals surface area (Å²) in [7, 11) is 1.74. The molecule has 1 aromatic carbocycles. The SMILES string of the molecule is CC(=O)N(C)Cc1ccc2c(c1)NC(=O)C(C)O2. The van der Waals surface area contributed by atoms with Crippen molar-refractivity contribution in [3.05, 3.63) is 23.8 Å². The van der Waals surface area contributed by atoms with E-state index in [0.29, 0.717) is 18.0 Å². The smallest absolute Gasteiger partial charge is 0.265 e. The highest BCUT2D eigenvalue weighted by atomic mass is 16.5. The van der Waals surface area contributed by atoms with E-state index in [9.17, 15) is 9.59 Å². The Hall–Kier alpha value is -2.04. The molecule has 1 aliphatic rings. The van der Waals surface area contributed by atoms with Gasteiger partial charge in [0, 0.05) is 20.5 Å². The van der Waals surface area contributed by atoms with Gasteiger partial charge in [0.15, 0.2) is 6.10 Å². The first kappa shape index (κ1) is 12.4. The molecule has 2 rings (SSSR count). The number of carbonyl (C=O) groups is 2. The molecule has 0 bridgehead atoms. The van der Waals surface area contributed by atoms with E-state index in [0.717, 1.165) is 5.56 Å². The number of amides is 2. The van der Waals surface area contributed by atoms with E-state index in [4.69, 9.17) is 4.74 Å². The molecule has 1 aromatic rings. The molecule has 5 heteroatoms. The molecule has 0 aromatic heterocycles. The van der Waals surface area contributed by atoms with Crippen molar-refractivity contribution in [2.75, 3.05) is 12.4 Å². The molecule has 0 saturated carbocycles. The Morgan fingerprint density at radius 3 is 2.89 bits per heavy atom. The number of fused-ring (bicyclic) bond motifs is 1. The molecule has 1 heterocycles. The van der Waals surface area contributed by atoms with Crippen LogP contribution in [0.15, 0.2) is 18.2 Å². The van der Waals surface area contributed by atoms with Crippen LogP contribution in [0.5, 0.6) is 5.75 Å². The lowest BCUT2D eigenvalue weighted by molar-refractivity contribution is -0.128. The fourth-order valence-electron chi connectivity index (χ4n) is 1.74. The molecule has 1 aliphatic heterocycles. The summed E-state index contributed by atoms with van der Waals surface area (Å²) in [5.41, 5.74) is 1.61. The number of carbonyl (C=O) groups excluding carboxylic acids is 2. The van der Waals surface area contributed by atoms with Crippen molar-refractivity contribution in [2.24, 2.45) is 0 Å². The largest absolute Gasteiger partial charge is 0.479 e. The topological polar surface area (TPSA) is 58.6 Å². The number of benzene rings is 1. The average molecular weight is 248 g/mol. The van der Waals surface area contributed by atoms with E-state index >= 15 is 0 Å². The Labute approximate surface area is 106 Å². The van der Waals surface area contributed by atoms with Gasteiger partial charge in [-0.05, 0) is 24.6 Å². The number of anilines is 1. The third-order valence-electron chi connectivity index (χ3n) is 2.93. The van der Waals surface area contributed by atoms with Crippen LogP contribution in [0.2, 0.25) is 0 Å². The van der Waals surface area contributed by atoms with Crippen molar-refractivity contribution < 1.29 is 14.3 Å². The zero-order valence-corrected chi connectivity index (χ0v) is 10.7. The average Bonchev–Trinajstić information content (AvgIpc) is 2.31. The Bertz CT molecular complexity index is 499. The van der Waals surface area contributed by atoms with Crippen LogP contribution >= 0.6 is 0 Å². The molecule has 1 N–H and O–H groups in total. The van der Waals surface area contributed by atoms with Gasteiger partial charge in [-0.2, -0.15) is 0 Å². The summed E-state index contributed by atoms with van der Waals surface area (Å²) < 4.78 is 5.46. The summed E-state index contributed by atoms with van der Waals surface area (Å²) >= 11 is 0. The summed E-state index contributed by atoms with van der Waals surface area (Å²) in [6, 6.07) is 5.54. The number of hydrogen-bond acceptors (Lipinski definition) is 3. The molecule has 0 aliphatic carbocycles. The van der Waals surface area contributed by atoms with Crippen LogP contribution in [0.1, 0.15) is 19.4 Å². The molecule has 18 heavy (non-hydrogen) atoms. The van der Waals surface area contributed by atoms with Gasteiger partial charge in [0.2, 0.25) is 5.91 Å². The standard InChI is InChI=1S/C13H16N2O3/c1-8-13(17)14-11-6-10(4-5-12(11)18-8)7-15(3)9(2)16/h4-6,8H,7H2,1-3H3,(H,14,17). The molecule has 96 valence electrons. The zero-order valence-electron chi connectivity index (χ0n) is 10.7. The molecule has 1 unspecified atom stereocenters. The van der Waals surface area contributed by atoms with Crippen molar-refractivity contribution in [1.82, 2.24) is 4.90 Å². The fourth-order valence-corrected chi connectivity index (χ4v) is 1.74. The second kappa shape index (κ2) is 4.68. The minimum absolute atomic E-state index is 0.00151. The molecule has 1 atom stereocenters. The number of rotatable bonds is 2. The lowest BCUT2D eigenvalue weighted by atomic mass is 10.1. The number of nitrogens with zero attached hydrogens (tertiary/aromatic N) is 1. The Morgan fingerprint density at radius 2 is 2.22 bits per heavy atom. The maximum Gasteiger partial charge on any atom is 0.265 e. The van der Waals surface area contributed by atoms with E-state index in [1.54, 1.807) is 18.9 Å². The van der Waals surface area contributed by atoms with E-state index in [2.05, 4.69) is 5.32 Å². The summed E-state index contributed by atoms with van der Waals surface area (Å²) in [6.45, 7) is 3.73. The van der Waals surface area contributed by atoms with Crippen molar-refractivity contribution in [1.29, 1.82) is 0 Å². The molecular formula is C13H16N2O3. The second-order valence-corrected chi connectivity index (χ2v) is 4.45. The first-order valence-corrected chi connectivity index (χ1v) is 5.79. The van der Waals surface area contributed by atoms with Crippen LogP contribution in [0.4, 0.5) is 5.69 Å². The van der Waals surface area contributed by atoms with Gasteiger partial charge >= 0.3 is 0 Å². The number of hydrogen-bond donors (Lipinski definition) is 1. The Morgan fingerprint density at radius 1 is 1.50 bits per heavy atom. The van der Waals surface area contributed by atoms with Crippen LogP contribution < -0.4 is 10.1 Å². The second-order valence-electron chi connectivity index (χ2n) is 4.45. The molecule has 2 amide bonds. The predicted molar refractivity (Wildman–Crippen MR) is 67.3 cm³/mol. The summed E-state index contributed by atoms with van der Waals surface area (Å²) in [5, 5.41) is 2.79. The number of nitrogens with one attached hydrogen (secondary N) is 1. The lowest BCUT2D eigenvalue weighted by Crippen LogP contribution is -2.34. The minimum atomic E-state index is -0.469. The highest BCUT2D eigenvalue weighted by Gasteiger charge is 2.23. The van der Waals surface area contributed by atoms with Gasteiger partial charge < -0.3 is 15.0 Å². The summed E-state index contributed by atoms with van der Waals surface area (Å²) in [4.78, 5) is 24.3. The highest BCUT2D eigenvalue weighted by molar-refractivity contribution is 5.97. The molecular weight excluding hydrogens is 232 g/mol. The Kier molecular flexibility index (Phi) is 3.23. The van der Waals surface area contributed by atoms with Gasteiger partial charge in [0.25, 0.3) is 5.91 Å². The van der Waals surface area contributed by atoms with E-state index in [1.165, 1.54) is 6.92 Å². The molecule has 5 nitrogen and oxygen atoms in total. The molecule has 0 radical (unpaired) electrons. The number of ether oxygens (including phenoxy) is 1. The van der Waals surface area contributed by atoms with Crippen molar-refractivity contribution in [3.63, 3.8) is 0 Å². The van der Waals surface area contributed by atoms with Gasteiger partial charge in [-0.15, -0.1) is 0 Å². The third-order valence-corrected chi connectivity index (χ3v) is 2.93. The van der Waals surface area contributed by atoms with Gasteiger partial charge in [0.1, 0.15) is 5.75 Å². The normalized spacial score (nSPS) is 17.5. The van der Waals surface area contributed by atoms with Gasteiger partial charge in [-0.1, -0.05) is 6.07 Å². The highest BCUT2D eigenvalue weighted by Crippen LogP contribution is 2.30. The van der Waals surface area contributed by atoms with Gasteiger partial charge in [-0.25, -0.2) is 0 Å². The molecule has 0 spiro atoms. The summed E-state index contributed by atoms with van der Waals surface area (Å²) in [5.74, 6) is 0.512. The summed E-state index contributed by atoms with van der Waals surface area (Å²) in [6.07, 6.45) is -0.469. The van der Waals surface area contributed by atoms with Crippen molar-refractivity contribution >= 4 is 17.5 Å². The maximum atomic E-state index is 11.5. The van der Waals surface area contributed by atoms with Crippen LogP contribution in [0, 0.1) is 0 Å². The van der Waals surface area contributed by atoms with E-state index < -0.39 is 6.10 Å². The van der Waals surface area contributed by atoms with Gasteiger partial charge in [0.05, 0.1) is 5.69 Å². The first-order chi connectivity index (χ1) is 8.47. The first-order valence-electron chi connectivity index (χ1n) is 5.79. The monoisotopic (exact) mass is 248 g/mol. The van der Waals surface area contributed by atoms with E-state index in [1.807, 2.05) is 18.2 Å². The van der Waals surface area contributed by atoms with Crippen LogP contribution in [0.25, 0.3) is 0 Å². The van der Waals surface area contributed by atoms with Crippen LogP contribution in [-0.4, -0.2) is 29.9 Å². The molecule has 0 saturated heterocycles. The van der Waals surface area contributed by atoms with Crippen LogP contribution in [0.3, 0.4) is 0 Å². The van der Waals surface area contributed by atoms with Gasteiger partial charge in [-0.3, -0.25) is 9.59 Å². The van der Waals surface area contributed by atoms with Crippen LogP contribution in [-0.2, 0) is 16.1 Å². The third kappa shape index (κ3) is 2.45. The molecule has 0 fully saturated rings.